The maximum Gasteiger partial charge on any atom is 0.242 e. The molecule has 1 aliphatic heterocycles. The molecule has 1 aliphatic rings. The van der Waals surface area contributed by atoms with E-state index < -0.39 is 6.04 Å². The van der Waals surface area contributed by atoms with Gasteiger partial charge in [-0.05, 0) is 39.7 Å². The molecule has 0 aromatic rings. The van der Waals surface area contributed by atoms with Crippen LogP contribution in [-0.2, 0) is 9.59 Å². The summed E-state index contributed by atoms with van der Waals surface area (Å²) < 4.78 is 0. The van der Waals surface area contributed by atoms with Gasteiger partial charge in [0.2, 0.25) is 11.8 Å². The monoisotopic (exact) mass is 269 g/mol. The minimum absolute atomic E-state index is 0.0149. The number of nitrogens with one attached hydrogen (secondary N) is 3. The van der Waals surface area contributed by atoms with Crippen LogP contribution in [0, 0.1) is 11.3 Å². The summed E-state index contributed by atoms with van der Waals surface area (Å²) in [5, 5.41) is 8.92. The molecule has 2 amide bonds. The Balaban J connectivity index is 2.65. The molecule has 1 rings (SSSR count). The molecule has 0 bridgehead atoms. The maximum absolute atomic E-state index is 12.5. The minimum Gasteiger partial charge on any atom is -0.352 e. The van der Waals surface area contributed by atoms with Gasteiger partial charge in [-0.25, -0.2) is 0 Å². The number of rotatable bonds is 5. The highest BCUT2D eigenvalue weighted by molar-refractivity contribution is 5.90. The molecule has 19 heavy (non-hydrogen) atoms. The molecule has 1 saturated heterocycles. The van der Waals surface area contributed by atoms with E-state index in [2.05, 4.69) is 29.8 Å². The summed E-state index contributed by atoms with van der Waals surface area (Å²) in [5.74, 6) is 0.106. The van der Waals surface area contributed by atoms with Gasteiger partial charge in [-0.1, -0.05) is 13.8 Å². The van der Waals surface area contributed by atoms with Gasteiger partial charge in [0, 0.05) is 12.6 Å². The summed E-state index contributed by atoms with van der Waals surface area (Å²) in [6, 6.07) is -0.412. The topological polar surface area (TPSA) is 70.2 Å². The first kappa shape index (κ1) is 16.0. The van der Waals surface area contributed by atoms with Gasteiger partial charge in [-0.3, -0.25) is 9.59 Å². The first-order valence-electron chi connectivity index (χ1n) is 7.11. The van der Waals surface area contributed by atoms with Crippen molar-refractivity contribution in [2.75, 3.05) is 13.1 Å². The van der Waals surface area contributed by atoms with E-state index >= 15 is 0 Å². The zero-order chi connectivity index (χ0) is 14.6. The standard InChI is InChI=1S/C14H27N3O2/c1-9(2)14(6-7-15-8-14)13(19)17-11(5)12(18)16-10(3)4/h9-11,15H,6-8H2,1-5H3,(H,16,18)(H,17,19). The van der Waals surface area contributed by atoms with Crippen LogP contribution in [-0.4, -0.2) is 37.0 Å². The van der Waals surface area contributed by atoms with Gasteiger partial charge >= 0.3 is 0 Å². The Kier molecular flexibility index (Phi) is 5.35. The van der Waals surface area contributed by atoms with Gasteiger partial charge in [-0.15, -0.1) is 0 Å². The normalized spacial score (nSPS) is 24.6. The van der Waals surface area contributed by atoms with Crippen molar-refractivity contribution >= 4 is 11.8 Å². The first-order valence-corrected chi connectivity index (χ1v) is 7.11. The van der Waals surface area contributed by atoms with Gasteiger partial charge in [0.15, 0.2) is 0 Å². The summed E-state index contributed by atoms with van der Waals surface area (Å²) >= 11 is 0. The highest BCUT2D eigenvalue weighted by atomic mass is 16.2. The van der Waals surface area contributed by atoms with E-state index in [1.165, 1.54) is 0 Å². The van der Waals surface area contributed by atoms with Crippen LogP contribution < -0.4 is 16.0 Å². The van der Waals surface area contributed by atoms with Crippen molar-refractivity contribution in [3.05, 3.63) is 0 Å². The van der Waals surface area contributed by atoms with Crippen molar-refractivity contribution in [3.63, 3.8) is 0 Å². The van der Waals surface area contributed by atoms with E-state index in [0.29, 0.717) is 6.54 Å². The predicted molar refractivity (Wildman–Crippen MR) is 75.6 cm³/mol. The van der Waals surface area contributed by atoms with Crippen molar-refractivity contribution < 1.29 is 9.59 Å². The molecule has 3 N–H and O–H groups in total. The number of hydrogen-bond acceptors (Lipinski definition) is 3. The highest BCUT2D eigenvalue weighted by Gasteiger charge is 2.44. The lowest BCUT2D eigenvalue weighted by molar-refractivity contribution is -0.136. The van der Waals surface area contributed by atoms with Crippen LogP contribution >= 0.6 is 0 Å². The molecule has 0 aromatic heterocycles. The van der Waals surface area contributed by atoms with Crippen molar-refractivity contribution in [1.29, 1.82) is 0 Å². The summed E-state index contributed by atoms with van der Waals surface area (Å²) in [4.78, 5) is 24.3. The van der Waals surface area contributed by atoms with E-state index in [1.807, 2.05) is 13.8 Å². The third-order valence-electron chi connectivity index (χ3n) is 3.92. The minimum atomic E-state index is -0.494. The molecule has 5 nitrogen and oxygen atoms in total. The van der Waals surface area contributed by atoms with Crippen LogP contribution in [0.15, 0.2) is 0 Å². The van der Waals surface area contributed by atoms with Crippen LogP contribution in [0.3, 0.4) is 0 Å². The van der Waals surface area contributed by atoms with Crippen LogP contribution in [0.1, 0.15) is 41.0 Å². The molecule has 0 saturated carbocycles. The van der Waals surface area contributed by atoms with Crippen LogP contribution in [0.4, 0.5) is 0 Å². The van der Waals surface area contributed by atoms with E-state index in [4.69, 9.17) is 0 Å². The average Bonchev–Trinajstić information content (AvgIpc) is 2.77. The zero-order valence-electron chi connectivity index (χ0n) is 12.7. The zero-order valence-corrected chi connectivity index (χ0v) is 12.7. The van der Waals surface area contributed by atoms with Crippen molar-refractivity contribution in [2.24, 2.45) is 11.3 Å². The van der Waals surface area contributed by atoms with E-state index in [-0.39, 0.29) is 29.2 Å². The summed E-state index contributed by atoms with van der Waals surface area (Å²) in [6.45, 7) is 11.2. The van der Waals surface area contributed by atoms with Crippen molar-refractivity contribution in [3.8, 4) is 0 Å². The molecule has 0 aliphatic carbocycles. The Labute approximate surface area is 115 Å². The van der Waals surface area contributed by atoms with Gasteiger partial charge in [0.1, 0.15) is 6.04 Å². The lowest BCUT2D eigenvalue weighted by Gasteiger charge is -2.32. The molecular formula is C14H27N3O2. The number of carbonyl (C=O) groups excluding carboxylic acids is 2. The smallest absolute Gasteiger partial charge is 0.242 e. The van der Waals surface area contributed by atoms with Crippen molar-refractivity contribution in [1.82, 2.24) is 16.0 Å². The fraction of sp³-hybridized carbons (Fsp3) is 0.857. The largest absolute Gasteiger partial charge is 0.352 e. The summed E-state index contributed by atoms with van der Waals surface area (Å²) in [6.07, 6.45) is 0.828. The molecule has 0 spiro atoms. The van der Waals surface area contributed by atoms with E-state index in [9.17, 15) is 9.59 Å². The van der Waals surface area contributed by atoms with E-state index in [0.717, 1.165) is 13.0 Å². The third kappa shape index (κ3) is 3.69. The quantitative estimate of drug-likeness (QED) is 0.686. The molecule has 0 aromatic carbocycles. The van der Waals surface area contributed by atoms with Gasteiger partial charge in [0.25, 0.3) is 0 Å². The molecule has 0 radical (unpaired) electrons. The second-order valence-electron chi connectivity index (χ2n) is 6.10. The van der Waals surface area contributed by atoms with Crippen LogP contribution in [0.5, 0.6) is 0 Å². The Morgan fingerprint density at radius 2 is 1.74 bits per heavy atom. The van der Waals surface area contributed by atoms with Gasteiger partial charge in [-0.2, -0.15) is 0 Å². The molecule has 1 fully saturated rings. The molecular weight excluding hydrogens is 242 g/mol. The number of amides is 2. The second kappa shape index (κ2) is 6.37. The number of hydrogen-bond donors (Lipinski definition) is 3. The lowest BCUT2D eigenvalue weighted by Crippen LogP contribution is -2.53. The Hall–Kier alpha value is -1.10. The summed E-state index contributed by atoms with van der Waals surface area (Å²) in [5.41, 5.74) is -0.383. The second-order valence-corrected chi connectivity index (χ2v) is 6.10. The highest BCUT2D eigenvalue weighted by Crippen LogP contribution is 2.34. The molecule has 2 unspecified atom stereocenters. The fourth-order valence-electron chi connectivity index (χ4n) is 2.48. The van der Waals surface area contributed by atoms with Gasteiger partial charge in [0.05, 0.1) is 5.41 Å². The Bertz CT molecular complexity index is 334. The number of carbonyl (C=O) groups is 2. The predicted octanol–water partition coefficient (Wildman–Crippen LogP) is 0.651. The lowest BCUT2D eigenvalue weighted by atomic mass is 9.75. The van der Waals surface area contributed by atoms with Crippen molar-refractivity contribution in [2.45, 2.75) is 53.1 Å². The first-order chi connectivity index (χ1) is 8.79. The third-order valence-corrected chi connectivity index (χ3v) is 3.92. The SMILES string of the molecule is CC(C)NC(=O)C(C)NC(=O)C1(C(C)C)CCNC1. The van der Waals surface area contributed by atoms with Gasteiger partial charge < -0.3 is 16.0 Å². The fourth-order valence-corrected chi connectivity index (χ4v) is 2.48. The molecule has 110 valence electrons. The maximum atomic E-state index is 12.5. The Morgan fingerprint density at radius 3 is 2.16 bits per heavy atom. The Morgan fingerprint density at radius 1 is 1.11 bits per heavy atom. The summed E-state index contributed by atoms with van der Waals surface area (Å²) in [7, 11) is 0. The molecule has 5 heteroatoms. The molecule has 1 heterocycles. The van der Waals surface area contributed by atoms with Crippen LogP contribution in [0.2, 0.25) is 0 Å². The average molecular weight is 269 g/mol. The van der Waals surface area contributed by atoms with E-state index in [1.54, 1.807) is 6.92 Å². The van der Waals surface area contributed by atoms with Crippen LogP contribution in [0.25, 0.3) is 0 Å². The molecule has 2 atom stereocenters.